The molecule has 264 valence electrons. The number of nitro groups is 2. The number of H-pyrrole nitrogens is 1. The van der Waals surface area contributed by atoms with Crippen LogP contribution in [0.25, 0.3) is 22.5 Å². The quantitative estimate of drug-likeness (QED) is 0.0391. The van der Waals surface area contributed by atoms with Gasteiger partial charge in [-0.1, -0.05) is 0 Å². The average molecular weight is 716 g/mol. The Bertz CT molecular complexity index is 2230. The van der Waals surface area contributed by atoms with Crippen LogP contribution in [0.4, 0.5) is 28.9 Å². The highest BCUT2D eigenvalue weighted by molar-refractivity contribution is 6.49. The Balaban J connectivity index is 0.000000217. The van der Waals surface area contributed by atoms with Crippen LogP contribution in [0.15, 0.2) is 73.1 Å². The maximum Gasteiger partial charge on any atom is 0.283 e. The van der Waals surface area contributed by atoms with E-state index >= 15 is 0 Å². The first-order chi connectivity index (χ1) is 24.9. The summed E-state index contributed by atoms with van der Waals surface area (Å²) in [5.41, 5.74) is -1.83. The van der Waals surface area contributed by atoms with Crippen LogP contribution in [-0.2, 0) is 0 Å². The Labute approximate surface area is 291 Å². The molecule has 1 aliphatic rings. The van der Waals surface area contributed by atoms with Crippen LogP contribution in [-0.4, -0.2) is 41.3 Å². The first-order valence-electron chi connectivity index (χ1n) is 15.5. The van der Waals surface area contributed by atoms with Gasteiger partial charge >= 0.3 is 0 Å². The maximum absolute atomic E-state index is 14.5. The summed E-state index contributed by atoms with van der Waals surface area (Å²) < 4.78 is 54.5. The molecule has 1 saturated carbocycles. The van der Waals surface area contributed by atoms with Gasteiger partial charge < -0.3 is 4.98 Å². The van der Waals surface area contributed by atoms with Gasteiger partial charge in [-0.2, -0.15) is 14.0 Å². The molecule has 0 unspecified atom stereocenters. The summed E-state index contributed by atoms with van der Waals surface area (Å²) in [6.45, 7) is 0. The second kappa shape index (κ2) is 15.9. The van der Waals surface area contributed by atoms with Crippen molar-refractivity contribution in [2.45, 2.75) is 38.0 Å². The third-order valence-electron chi connectivity index (χ3n) is 8.39. The Morgan fingerprint density at radius 1 is 0.788 bits per heavy atom. The number of aromatic amines is 1. The van der Waals surface area contributed by atoms with E-state index in [2.05, 4.69) is 26.0 Å². The van der Waals surface area contributed by atoms with Crippen molar-refractivity contribution in [1.82, 2.24) is 19.9 Å². The van der Waals surface area contributed by atoms with Gasteiger partial charge in [0.15, 0.2) is 0 Å². The minimum absolute atomic E-state index is 0.0571. The first kappa shape index (κ1) is 36.6. The summed E-state index contributed by atoms with van der Waals surface area (Å²) in [6.07, 6.45) is 6.27. The van der Waals surface area contributed by atoms with Crippen LogP contribution in [0, 0.1) is 61.0 Å². The summed E-state index contributed by atoms with van der Waals surface area (Å²) in [5.74, 6) is -5.18. The van der Waals surface area contributed by atoms with E-state index in [1.54, 1.807) is 6.07 Å². The number of benzene rings is 2. The van der Waals surface area contributed by atoms with Crippen LogP contribution >= 0.6 is 0 Å². The zero-order chi connectivity index (χ0) is 37.5. The molecule has 2 aromatic carbocycles. The zero-order valence-corrected chi connectivity index (χ0v) is 26.8. The highest BCUT2D eigenvalue weighted by atomic mass is 19.1. The molecule has 5 aromatic rings. The fourth-order valence-corrected chi connectivity index (χ4v) is 5.82. The smallest absolute Gasteiger partial charge is 0.283 e. The van der Waals surface area contributed by atoms with Crippen LogP contribution in [0.2, 0.25) is 0 Å². The molecule has 1 fully saturated rings. The van der Waals surface area contributed by atoms with Gasteiger partial charge in [-0.25, -0.2) is 23.7 Å². The van der Waals surface area contributed by atoms with E-state index in [0.29, 0.717) is 24.2 Å². The van der Waals surface area contributed by atoms with E-state index in [4.69, 9.17) is 5.26 Å². The number of nitrogens with one attached hydrogen (secondary N) is 1. The fourth-order valence-electron chi connectivity index (χ4n) is 5.82. The van der Waals surface area contributed by atoms with Gasteiger partial charge in [-0.15, -0.1) is 0 Å². The largest absolute Gasteiger partial charge is 0.341 e. The normalized spacial score (nSPS) is 15.1. The number of rotatable bonds is 9. The van der Waals surface area contributed by atoms with Crippen molar-refractivity contribution < 1.29 is 37.0 Å². The number of carbonyl (C=O) groups excluding carboxylic acids is 2. The van der Waals surface area contributed by atoms with Gasteiger partial charge in [0.2, 0.25) is 23.5 Å². The molecule has 0 spiro atoms. The highest BCUT2D eigenvalue weighted by Crippen LogP contribution is 2.41. The van der Waals surface area contributed by atoms with Gasteiger partial charge in [-0.3, -0.25) is 29.8 Å². The number of Topliss-reactive ketones (excluding diaryl/α,β-unsaturated/α-hetero) is 2. The monoisotopic (exact) mass is 715 g/mol. The molecule has 0 aliphatic heterocycles. The number of hydrogen-bond acceptors (Lipinski definition) is 10. The summed E-state index contributed by atoms with van der Waals surface area (Å²) in [6, 6.07) is 12.9. The van der Waals surface area contributed by atoms with Crippen LogP contribution in [0.5, 0.6) is 0 Å². The Hall–Kier alpha value is -6.70. The number of ketones is 2. The van der Waals surface area contributed by atoms with E-state index in [0.717, 1.165) is 62.2 Å². The summed E-state index contributed by atoms with van der Waals surface area (Å²) in [5, 5.41) is 31.3. The van der Waals surface area contributed by atoms with Gasteiger partial charge in [0.05, 0.1) is 50.4 Å². The maximum atomic E-state index is 14.5. The average Bonchev–Trinajstić information content (AvgIpc) is 3.57. The third-order valence-corrected chi connectivity index (χ3v) is 8.39. The van der Waals surface area contributed by atoms with Crippen molar-refractivity contribution in [2.24, 2.45) is 5.92 Å². The minimum Gasteiger partial charge on any atom is -0.341 e. The lowest BCUT2D eigenvalue weighted by molar-refractivity contribution is -0.385. The molecule has 6 rings (SSSR count). The van der Waals surface area contributed by atoms with Crippen molar-refractivity contribution in [3.8, 4) is 28.6 Å². The highest BCUT2D eigenvalue weighted by Gasteiger charge is 2.30. The van der Waals surface area contributed by atoms with Gasteiger partial charge in [0.1, 0.15) is 28.7 Å². The number of hydrogen-bond donors (Lipinski definition) is 1. The second-order valence-corrected chi connectivity index (χ2v) is 11.6. The standard InChI is InChI=1S/C22H19F2N5O2.C13H6F2N2O4/c23-15-7-8-16(18(12-15)29(30)31)19-20(17-2-1-11-26-21(17)24)28-22(27-19)14-5-3-13(4-6-14)9-10-25;14-7-3-4-8(10(6-7)17(20)21)11(18)12(19)9-2-1-5-16-13(9)15/h1-2,7-8,11-14H,3-6,9H2,(H,27,28);1-6H. The number of pyridine rings is 2. The van der Waals surface area contributed by atoms with Crippen LogP contribution in [0.3, 0.4) is 0 Å². The van der Waals surface area contributed by atoms with Crippen LogP contribution in [0.1, 0.15) is 64.6 Å². The molecule has 17 heteroatoms. The van der Waals surface area contributed by atoms with Gasteiger partial charge in [-0.05, 0) is 80.1 Å². The van der Waals surface area contributed by atoms with Crippen molar-refractivity contribution >= 4 is 22.9 Å². The molecule has 0 saturated heterocycles. The molecule has 0 atom stereocenters. The number of imidazole rings is 1. The Morgan fingerprint density at radius 3 is 2.00 bits per heavy atom. The summed E-state index contributed by atoms with van der Waals surface area (Å²) in [4.78, 5) is 59.2. The second-order valence-electron chi connectivity index (χ2n) is 11.6. The molecule has 3 aromatic heterocycles. The van der Waals surface area contributed by atoms with E-state index in [9.17, 15) is 47.4 Å². The third kappa shape index (κ3) is 8.02. The number of carbonyl (C=O) groups is 2. The van der Waals surface area contributed by atoms with Crippen LogP contribution < -0.4 is 0 Å². The van der Waals surface area contributed by atoms with Crippen molar-refractivity contribution in [3.05, 3.63) is 134 Å². The number of nitrogens with zero attached hydrogens (tertiary/aromatic N) is 6. The molecule has 3 heterocycles. The van der Waals surface area contributed by atoms with Gasteiger partial charge in [0.25, 0.3) is 11.4 Å². The van der Waals surface area contributed by atoms with E-state index in [1.165, 1.54) is 24.4 Å². The van der Waals surface area contributed by atoms with Crippen molar-refractivity contribution in [1.29, 1.82) is 5.26 Å². The molecule has 13 nitrogen and oxygen atoms in total. The van der Waals surface area contributed by atoms with Crippen molar-refractivity contribution in [3.63, 3.8) is 0 Å². The molecular weight excluding hydrogens is 690 g/mol. The molecule has 0 radical (unpaired) electrons. The Kier molecular flexibility index (Phi) is 11.2. The number of aromatic nitrogens is 4. The zero-order valence-electron chi connectivity index (χ0n) is 26.8. The SMILES string of the molecule is N#CCC1CCC(c2nc(-c3cccnc3F)c(-c3ccc(F)cc3[N+](=O)[O-])[nH]2)CC1.O=C(C(=O)c1cccnc1F)c1ccc(F)cc1[N+](=O)[O-]. The predicted octanol–water partition coefficient (Wildman–Crippen LogP) is 7.85. The number of nitro benzene ring substituents is 2. The van der Waals surface area contributed by atoms with Gasteiger partial charge in [0, 0.05) is 24.7 Å². The predicted molar refractivity (Wildman–Crippen MR) is 175 cm³/mol. The fraction of sp³-hybridized carbons (Fsp3) is 0.200. The first-order valence-corrected chi connectivity index (χ1v) is 15.5. The van der Waals surface area contributed by atoms with Crippen molar-refractivity contribution in [2.75, 3.05) is 0 Å². The molecule has 1 N–H and O–H groups in total. The van der Waals surface area contributed by atoms with E-state index in [1.807, 2.05) is 0 Å². The Morgan fingerprint density at radius 2 is 1.38 bits per heavy atom. The lowest BCUT2D eigenvalue weighted by Crippen LogP contribution is -2.18. The summed E-state index contributed by atoms with van der Waals surface area (Å²) in [7, 11) is 0. The molecular formula is C35H25F4N7O6. The number of nitriles is 1. The van der Waals surface area contributed by atoms with E-state index in [-0.39, 0.29) is 28.4 Å². The molecule has 52 heavy (non-hydrogen) atoms. The molecule has 0 amide bonds. The van der Waals surface area contributed by atoms with E-state index < -0.39 is 67.4 Å². The molecule has 1 aliphatic carbocycles. The topological polar surface area (TPSA) is 199 Å². The summed E-state index contributed by atoms with van der Waals surface area (Å²) >= 11 is 0. The molecule has 0 bridgehead atoms. The number of halogens is 4. The lowest BCUT2D eigenvalue weighted by Gasteiger charge is -2.25. The minimum atomic E-state index is -1.31. The lowest BCUT2D eigenvalue weighted by atomic mass is 9.80.